The average Bonchev–Trinajstić information content (AvgIpc) is 3.14. The van der Waals surface area contributed by atoms with E-state index >= 15 is 0 Å². The van der Waals surface area contributed by atoms with Gasteiger partial charge in [0.2, 0.25) is 0 Å². The lowest BCUT2D eigenvalue weighted by Gasteiger charge is -2.37. The third-order valence-electron chi connectivity index (χ3n) is 4.51. The van der Waals surface area contributed by atoms with Crippen molar-refractivity contribution in [2.45, 2.75) is 57.9 Å². The number of carboxylic acid groups (broad SMARTS) is 1. The molecule has 2 saturated carbocycles. The zero-order chi connectivity index (χ0) is 12.3. The minimum Gasteiger partial charge on any atom is -0.481 e. The van der Waals surface area contributed by atoms with Crippen LogP contribution in [0.2, 0.25) is 0 Å². The van der Waals surface area contributed by atoms with Crippen molar-refractivity contribution in [1.29, 1.82) is 0 Å². The lowest BCUT2D eigenvalue weighted by atomic mass is 9.82. The molecule has 0 aliphatic heterocycles. The molecule has 2 unspecified atom stereocenters. The molecule has 0 aromatic carbocycles. The van der Waals surface area contributed by atoms with Crippen molar-refractivity contribution in [3.63, 3.8) is 0 Å². The number of rotatable bonds is 6. The molecule has 98 valence electrons. The molecule has 2 rings (SSSR count). The molecule has 3 nitrogen and oxygen atoms in total. The summed E-state index contributed by atoms with van der Waals surface area (Å²) in [5, 5.41) is 8.78. The molecule has 0 amide bonds. The molecular formula is C14H25NO2. The molecule has 0 saturated heterocycles. The van der Waals surface area contributed by atoms with Crippen LogP contribution in [-0.2, 0) is 4.79 Å². The molecule has 2 fully saturated rings. The minimum atomic E-state index is -0.669. The fourth-order valence-electron chi connectivity index (χ4n) is 3.37. The van der Waals surface area contributed by atoms with E-state index < -0.39 is 5.97 Å². The molecule has 0 radical (unpaired) electrons. The number of hydrogen-bond donors (Lipinski definition) is 1. The molecule has 0 aromatic rings. The van der Waals surface area contributed by atoms with Crippen LogP contribution in [0.4, 0.5) is 0 Å². The lowest BCUT2D eigenvalue weighted by molar-refractivity contribution is -0.137. The highest BCUT2D eigenvalue weighted by atomic mass is 16.4. The Labute approximate surface area is 104 Å². The van der Waals surface area contributed by atoms with Crippen LogP contribution < -0.4 is 0 Å². The van der Waals surface area contributed by atoms with E-state index in [2.05, 4.69) is 11.8 Å². The number of hydrogen-bond acceptors (Lipinski definition) is 2. The van der Waals surface area contributed by atoms with Gasteiger partial charge < -0.3 is 10.0 Å². The minimum absolute atomic E-state index is 0.290. The van der Waals surface area contributed by atoms with E-state index in [0.29, 0.717) is 12.5 Å². The molecule has 0 spiro atoms. The van der Waals surface area contributed by atoms with Crippen molar-refractivity contribution >= 4 is 5.97 Å². The van der Waals surface area contributed by atoms with Gasteiger partial charge in [-0.25, -0.2) is 0 Å². The highest BCUT2D eigenvalue weighted by molar-refractivity contribution is 5.66. The highest BCUT2D eigenvalue weighted by Crippen LogP contribution is 2.44. The van der Waals surface area contributed by atoms with Crippen molar-refractivity contribution < 1.29 is 9.90 Å². The summed E-state index contributed by atoms with van der Waals surface area (Å²) in [7, 11) is 0. The van der Waals surface area contributed by atoms with Gasteiger partial charge in [-0.15, -0.1) is 0 Å². The monoisotopic (exact) mass is 239 g/mol. The molecule has 0 bridgehead atoms. The Kier molecular flexibility index (Phi) is 4.43. The summed E-state index contributed by atoms with van der Waals surface area (Å²) in [5.74, 6) is 1.28. The second kappa shape index (κ2) is 5.85. The van der Waals surface area contributed by atoms with Crippen LogP contribution >= 0.6 is 0 Å². The normalized spacial score (nSPS) is 29.5. The Morgan fingerprint density at radius 3 is 2.59 bits per heavy atom. The maximum Gasteiger partial charge on any atom is 0.304 e. The van der Waals surface area contributed by atoms with E-state index in [0.717, 1.165) is 24.9 Å². The van der Waals surface area contributed by atoms with E-state index in [4.69, 9.17) is 5.11 Å². The van der Waals surface area contributed by atoms with Crippen LogP contribution in [0.1, 0.15) is 51.9 Å². The van der Waals surface area contributed by atoms with Crippen LogP contribution in [0, 0.1) is 11.8 Å². The molecule has 2 atom stereocenters. The van der Waals surface area contributed by atoms with Gasteiger partial charge in [-0.2, -0.15) is 0 Å². The summed E-state index contributed by atoms with van der Waals surface area (Å²) >= 11 is 0. The van der Waals surface area contributed by atoms with Crippen LogP contribution in [0.3, 0.4) is 0 Å². The number of carbonyl (C=O) groups is 1. The molecule has 17 heavy (non-hydrogen) atoms. The third-order valence-corrected chi connectivity index (χ3v) is 4.51. The Bertz CT molecular complexity index is 263. The smallest absolute Gasteiger partial charge is 0.304 e. The van der Waals surface area contributed by atoms with Gasteiger partial charge in [-0.3, -0.25) is 4.79 Å². The van der Waals surface area contributed by atoms with E-state index in [1.54, 1.807) is 0 Å². The Morgan fingerprint density at radius 1 is 1.24 bits per heavy atom. The molecule has 2 aliphatic carbocycles. The van der Waals surface area contributed by atoms with E-state index in [9.17, 15) is 4.79 Å². The van der Waals surface area contributed by atoms with Crippen molar-refractivity contribution in [1.82, 2.24) is 4.90 Å². The maximum atomic E-state index is 10.7. The van der Waals surface area contributed by atoms with E-state index in [-0.39, 0.29) is 0 Å². The van der Waals surface area contributed by atoms with Gasteiger partial charge >= 0.3 is 5.97 Å². The molecule has 2 aliphatic rings. The second-order valence-corrected chi connectivity index (χ2v) is 5.69. The largest absolute Gasteiger partial charge is 0.481 e. The van der Waals surface area contributed by atoms with Gasteiger partial charge in [0, 0.05) is 12.6 Å². The fourth-order valence-corrected chi connectivity index (χ4v) is 3.37. The van der Waals surface area contributed by atoms with Gasteiger partial charge in [0.1, 0.15) is 0 Å². The van der Waals surface area contributed by atoms with E-state index in [1.807, 2.05) is 0 Å². The fraction of sp³-hybridized carbons (Fsp3) is 0.929. The molecule has 0 aromatic heterocycles. The lowest BCUT2D eigenvalue weighted by Crippen LogP contribution is -2.40. The van der Waals surface area contributed by atoms with Crippen LogP contribution in [0.15, 0.2) is 0 Å². The van der Waals surface area contributed by atoms with Gasteiger partial charge in [0.25, 0.3) is 0 Å². The van der Waals surface area contributed by atoms with Crippen LogP contribution in [-0.4, -0.2) is 35.1 Å². The predicted octanol–water partition coefficient (Wildman–Crippen LogP) is 2.75. The second-order valence-electron chi connectivity index (χ2n) is 5.69. The van der Waals surface area contributed by atoms with Crippen LogP contribution in [0.5, 0.6) is 0 Å². The van der Waals surface area contributed by atoms with Gasteiger partial charge in [-0.1, -0.05) is 19.8 Å². The Morgan fingerprint density at radius 2 is 2.00 bits per heavy atom. The summed E-state index contributed by atoms with van der Waals surface area (Å²) in [6.07, 6.45) is 8.53. The summed E-state index contributed by atoms with van der Waals surface area (Å²) in [6, 6.07) is 0.652. The van der Waals surface area contributed by atoms with Crippen molar-refractivity contribution in [3.8, 4) is 0 Å². The first-order chi connectivity index (χ1) is 8.20. The predicted molar refractivity (Wildman–Crippen MR) is 68.0 cm³/mol. The molecular weight excluding hydrogens is 214 g/mol. The highest BCUT2D eigenvalue weighted by Gasteiger charge is 2.35. The summed E-state index contributed by atoms with van der Waals surface area (Å²) < 4.78 is 0. The Balaban J connectivity index is 1.82. The summed E-state index contributed by atoms with van der Waals surface area (Å²) in [4.78, 5) is 13.0. The topological polar surface area (TPSA) is 40.5 Å². The maximum absolute atomic E-state index is 10.7. The number of carboxylic acids is 1. The third kappa shape index (κ3) is 3.70. The van der Waals surface area contributed by atoms with Gasteiger partial charge in [0.05, 0.1) is 6.42 Å². The quantitative estimate of drug-likeness (QED) is 0.775. The van der Waals surface area contributed by atoms with E-state index in [1.165, 1.54) is 38.5 Å². The average molecular weight is 239 g/mol. The molecule has 0 heterocycles. The first kappa shape index (κ1) is 12.9. The van der Waals surface area contributed by atoms with Crippen LogP contribution in [0.25, 0.3) is 0 Å². The van der Waals surface area contributed by atoms with Crippen molar-refractivity contribution in [3.05, 3.63) is 0 Å². The zero-order valence-corrected chi connectivity index (χ0v) is 10.9. The van der Waals surface area contributed by atoms with Gasteiger partial charge in [-0.05, 0) is 44.1 Å². The molecule has 3 heteroatoms. The summed E-state index contributed by atoms with van der Waals surface area (Å²) in [6.45, 7) is 3.88. The van der Waals surface area contributed by atoms with Crippen molar-refractivity contribution in [2.75, 3.05) is 13.1 Å². The van der Waals surface area contributed by atoms with Crippen molar-refractivity contribution in [2.24, 2.45) is 11.8 Å². The Hall–Kier alpha value is -0.570. The summed E-state index contributed by atoms with van der Waals surface area (Å²) in [5.41, 5.74) is 0. The SMILES string of the molecule is CCN(CCC(=O)O)C1CCCC(C2CC2)C1. The first-order valence-electron chi connectivity index (χ1n) is 7.16. The zero-order valence-electron chi connectivity index (χ0n) is 10.9. The first-order valence-corrected chi connectivity index (χ1v) is 7.16. The number of aliphatic carboxylic acids is 1. The number of nitrogens with zero attached hydrogens (tertiary/aromatic N) is 1. The standard InChI is InChI=1S/C14H25NO2/c1-2-15(9-8-14(16)17)13-5-3-4-12(10-13)11-6-7-11/h11-13H,2-10H2,1H3,(H,16,17). The molecule has 1 N–H and O–H groups in total. The van der Waals surface area contributed by atoms with Gasteiger partial charge in [0.15, 0.2) is 0 Å².